The van der Waals surface area contributed by atoms with E-state index in [1.165, 1.54) is 48.5 Å². The lowest BCUT2D eigenvalue weighted by molar-refractivity contribution is -0.148. The molecule has 4 aliphatic carbocycles. The maximum absolute atomic E-state index is 13.9. The third-order valence-electron chi connectivity index (χ3n) is 9.23. The predicted molar refractivity (Wildman–Crippen MR) is 133 cm³/mol. The van der Waals surface area contributed by atoms with Gasteiger partial charge in [0.25, 0.3) is 0 Å². The molecule has 8 atom stereocenters. The van der Waals surface area contributed by atoms with E-state index in [9.17, 15) is 34.2 Å². The minimum atomic E-state index is -0.899. The second-order valence-corrected chi connectivity index (χ2v) is 11.0. The van der Waals surface area contributed by atoms with E-state index in [2.05, 4.69) is 0 Å². The molecule has 2 aromatic rings. The number of benzene rings is 2. The number of aromatic hydroxyl groups is 2. The van der Waals surface area contributed by atoms with Crippen LogP contribution in [-0.4, -0.2) is 39.6 Å². The zero-order valence-corrected chi connectivity index (χ0v) is 20.4. The van der Waals surface area contributed by atoms with Gasteiger partial charge in [-0.2, -0.15) is 0 Å². The number of hydrogen-bond donors (Lipinski definition) is 2. The fourth-order valence-corrected chi connectivity index (χ4v) is 7.82. The van der Waals surface area contributed by atoms with Gasteiger partial charge in [0.05, 0.1) is 35.0 Å². The topological polar surface area (TPSA) is 132 Å². The van der Waals surface area contributed by atoms with Crippen LogP contribution in [0.3, 0.4) is 0 Å². The van der Waals surface area contributed by atoms with Gasteiger partial charge >= 0.3 is 0 Å². The van der Waals surface area contributed by atoms with E-state index in [0.29, 0.717) is 11.4 Å². The van der Waals surface area contributed by atoms with Crippen LogP contribution < -0.4 is 9.80 Å². The molecule has 2 heterocycles. The molecular formula is C29H24N2O7. The minimum absolute atomic E-state index is 0.000640. The normalized spacial score (nSPS) is 35.4. The van der Waals surface area contributed by atoms with Gasteiger partial charge in [-0.1, -0.05) is 18.6 Å². The Hall–Kier alpha value is -4.27. The molecule has 9 nitrogen and oxygen atoms in total. The second-order valence-electron chi connectivity index (χ2n) is 11.0. The van der Waals surface area contributed by atoms with Crippen LogP contribution in [0, 0.1) is 47.3 Å². The van der Waals surface area contributed by atoms with Crippen LogP contribution >= 0.6 is 0 Å². The molecular weight excluding hydrogens is 488 g/mol. The van der Waals surface area contributed by atoms with Crippen molar-refractivity contribution in [2.45, 2.75) is 13.3 Å². The van der Waals surface area contributed by atoms with E-state index in [1.807, 2.05) is 13.0 Å². The van der Waals surface area contributed by atoms with Crippen molar-refractivity contribution < 1.29 is 34.2 Å². The highest BCUT2D eigenvalue weighted by Crippen LogP contribution is 2.63. The number of carbonyl (C=O) groups is 5. The SMILES string of the molecule is CC1C=C2C(C3C(=O)N(c4ccc(O)cc4)C(=O)C13)[C@@H]1C(=O)C[C@H]2C2C(=O)N(c3ccc(O)cc3)C(=O)C21. The Labute approximate surface area is 217 Å². The molecule has 38 heavy (non-hydrogen) atoms. The van der Waals surface area contributed by atoms with Crippen LogP contribution in [0.15, 0.2) is 60.2 Å². The van der Waals surface area contributed by atoms with Gasteiger partial charge < -0.3 is 10.2 Å². The molecule has 2 aromatic carbocycles. The van der Waals surface area contributed by atoms with Gasteiger partial charge in [0.1, 0.15) is 17.3 Å². The molecule has 6 unspecified atom stereocenters. The van der Waals surface area contributed by atoms with Crippen LogP contribution in [0.1, 0.15) is 13.3 Å². The lowest BCUT2D eigenvalue weighted by Gasteiger charge is -2.53. The van der Waals surface area contributed by atoms with E-state index in [-0.39, 0.29) is 41.4 Å². The Bertz CT molecular complexity index is 1480. The fraction of sp³-hybridized carbons (Fsp3) is 0.345. The number of imide groups is 2. The molecule has 2 N–H and O–H groups in total. The maximum Gasteiger partial charge on any atom is 0.238 e. The highest BCUT2D eigenvalue weighted by Gasteiger charge is 2.70. The standard InChI is InChI=1S/C29H24N2O7/c1-12-10-17-18-11-19(34)23(25-22(18)27(36)31(29(25)38)14-4-8-16(33)9-5-14)21(17)24-20(12)26(35)30(28(24)37)13-2-6-15(32)7-3-13/h2-10,12,18,20-25,32-33H,11H2,1H3/t12?,18-,20?,21?,22?,23+,24?,25?/m1/s1. The summed E-state index contributed by atoms with van der Waals surface area (Å²) in [4.78, 5) is 70.6. The first-order chi connectivity index (χ1) is 18.2. The summed E-state index contributed by atoms with van der Waals surface area (Å²) in [5.41, 5.74) is 1.51. The summed E-state index contributed by atoms with van der Waals surface area (Å²) in [5, 5.41) is 19.3. The fourth-order valence-electron chi connectivity index (χ4n) is 7.82. The van der Waals surface area contributed by atoms with Crippen LogP contribution in [0.4, 0.5) is 11.4 Å². The average molecular weight is 513 g/mol. The molecule has 9 heteroatoms. The minimum Gasteiger partial charge on any atom is -0.508 e. The van der Waals surface area contributed by atoms with Crippen molar-refractivity contribution in [2.75, 3.05) is 9.80 Å². The molecule has 0 spiro atoms. The van der Waals surface area contributed by atoms with Crippen LogP contribution in [0.25, 0.3) is 0 Å². The summed E-state index contributed by atoms with van der Waals surface area (Å²) in [6.07, 6.45) is 2.09. The molecule has 0 aromatic heterocycles. The molecule has 6 aliphatic rings. The molecule has 2 bridgehead atoms. The molecule has 0 radical (unpaired) electrons. The number of rotatable bonds is 2. The van der Waals surface area contributed by atoms with Gasteiger partial charge in [0.15, 0.2) is 0 Å². The summed E-state index contributed by atoms with van der Waals surface area (Å²) in [5.74, 6) is -7.17. The van der Waals surface area contributed by atoms with Crippen LogP contribution in [0.5, 0.6) is 11.5 Å². The van der Waals surface area contributed by atoms with Crippen LogP contribution in [0.2, 0.25) is 0 Å². The Kier molecular flexibility index (Phi) is 4.59. The summed E-state index contributed by atoms with van der Waals surface area (Å²) in [6, 6.07) is 11.6. The number of ketones is 1. The van der Waals surface area contributed by atoms with E-state index >= 15 is 0 Å². The Morgan fingerprint density at radius 3 is 1.58 bits per heavy atom. The van der Waals surface area contributed by atoms with E-state index < -0.39 is 53.2 Å². The lowest BCUT2D eigenvalue weighted by atomic mass is 9.47. The number of Topliss-reactive ketones (excluding diaryl/α,β-unsaturated/α-hetero) is 1. The monoisotopic (exact) mass is 512 g/mol. The van der Waals surface area contributed by atoms with Crippen molar-refractivity contribution in [1.82, 2.24) is 0 Å². The van der Waals surface area contributed by atoms with Gasteiger partial charge in [0, 0.05) is 18.3 Å². The van der Waals surface area contributed by atoms with E-state index in [1.54, 1.807) is 0 Å². The van der Waals surface area contributed by atoms with Gasteiger partial charge in [-0.25, -0.2) is 0 Å². The first-order valence-electron chi connectivity index (χ1n) is 12.8. The quantitative estimate of drug-likeness (QED) is 0.467. The van der Waals surface area contributed by atoms with Crippen molar-refractivity contribution in [3.8, 4) is 11.5 Å². The number of fused-ring (bicyclic) bond motifs is 2. The molecule has 2 aliphatic heterocycles. The van der Waals surface area contributed by atoms with E-state index in [0.717, 1.165) is 15.4 Å². The zero-order chi connectivity index (χ0) is 26.6. The number of nitrogens with zero attached hydrogens (tertiary/aromatic N) is 2. The van der Waals surface area contributed by atoms with Crippen molar-refractivity contribution in [2.24, 2.45) is 47.3 Å². The summed E-state index contributed by atoms with van der Waals surface area (Å²) in [7, 11) is 0. The van der Waals surface area contributed by atoms with Crippen molar-refractivity contribution in [3.63, 3.8) is 0 Å². The largest absolute Gasteiger partial charge is 0.508 e. The number of phenolic OH excluding ortho intramolecular Hbond substituents is 2. The average Bonchev–Trinajstić information content (AvgIpc) is 3.31. The van der Waals surface area contributed by atoms with E-state index in [4.69, 9.17) is 0 Å². The van der Waals surface area contributed by atoms with Gasteiger partial charge in [-0.3, -0.25) is 33.8 Å². The Balaban J connectivity index is 1.32. The van der Waals surface area contributed by atoms with Crippen LogP contribution in [-0.2, 0) is 24.0 Å². The predicted octanol–water partition coefficient (Wildman–Crippen LogP) is 2.42. The maximum atomic E-state index is 13.9. The van der Waals surface area contributed by atoms with Gasteiger partial charge in [-0.05, 0) is 60.4 Å². The zero-order valence-electron chi connectivity index (χ0n) is 20.4. The first-order valence-corrected chi connectivity index (χ1v) is 12.8. The number of allylic oxidation sites excluding steroid dienone is 2. The molecule has 2 saturated heterocycles. The molecule has 3 saturated carbocycles. The van der Waals surface area contributed by atoms with Crippen molar-refractivity contribution in [1.29, 1.82) is 0 Å². The summed E-state index contributed by atoms with van der Waals surface area (Å²) < 4.78 is 0. The number of carbonyl (C=O) groups excluding carboxylic acids is 5. The third kappa shape index (κ3) is 2.78. The number of anilines is 2. The summed E-state index contributed by atoms with van der Waals surface area (Å²) in [6.45, 7) is 1.87. The van der Waals surface area contributed by atoms with Crippen molar-refractivity contribution >= 4 is 40.8 Å². The molecule has 5 fully saturated rings. The Morgan fingerprint density at radius 2 is 1.05 bits per heavy atom. The van der Waals surface area contributed by atoms with Gasteiger partial charge in [-0.15, -0.1) is 0 Å². The van der Waals surface area contributed by atoms with Gasteiger partial charge in [0.2, 0.25) is 23.6 Å². The number of amides is 4. The Morgan fingerprint density at radius 1 is 0.605 bits per heavy atom. The first kappa shape index (κ1) is 22.9. The highest BCUT2D eigenvalue weighted by molar-refractivity contribution is 6.25. The van der Waals surface area contributed by atoms with Crippen molar-refractivity contribution in [3.05, 3.63) is 60.2 Å². The third-order valence-corrected chi connectivity index (χ3v) is 9.23. The lowest BCUT2D eigenvalue weighted by Crippen LogP contribution is -2.57. The second kappa shape index (κ2) is 7.63. The number of phenols is 2. The highest BCUT2D eigenvalue weighted by atomic mass is 16.3. The number of hydrogen-bond acceptors (Lipinski definition) is 7. The summed E-state index contributed by atoms with van der Waals surface area (Å²) >= 11 is 0. The smallest absolute Gasteiger partial charge is 0.238 e. The molecule has 4 amide bonds. The molecule has 192 valence electrons. The molecule has 8 rings (SSSR count).